The van der Waals surface area contributed by atoms with Crippen LogP contribution in [0.15, 0.2) is 30.6 Å². The van der Waals surface area contributed by atoms with Crippen LogP contribution in [0, 0.1) is 6.92 Å². The SMILES string of the molecule is Cc1cc(O)ccc1C(=O)NCCc1ncc[nH]1. The van der Waals surface area contributed by atoms with Gasteiger partial charge in [-0.05, 0) is 30.7 Å². The van der Waals surface area contributed by atoms with Gasteiger partial charge in [0, 0.05) is 30.9 Å². The van der Waals surface area contributed by atoms with Crippen LogP contribution in [0.25, 0.3) is 0 Å². The Morgan fingerprint density at radius 3 is 3.00 bits per heavy atom. The van der Waals surface area contributed by atoms with Crippen LogP contribution in [0.3, 0.4) is 0 Å². The van der Waals surface area contributed by atoms with Gasteiger partial charge in [-0.25, -0.2) is 4.98 Å². The number of phenols is 1. The van der Waals surface area contributed by atoms with Crippen LogP contribution in [0.1, 0.15) is 21.7 Å². The summed E-state index contributed by atoms with van der Waals surface area (Å²) in [6.45, 7) is 2.31. The zero-order valence-electron chi connectivity index (χ0n) is 10.1. The van der Waals surface area contributed by atoms with Gasteiger partial charge in [0.25, 0.3) is 5.91 Å². The number of nitrogens with zero attached hydrogens (tertiary/aromatic N) is 1. The van der Waals surface area contributed by atoms with Crippen molar-refractivity contribution in [3.05, 3.63) is 47.5 Å². The Hall–Kier alpha value is -2.30. The van der Waals surface area contributed by atoms with Crippen LogP contribution in [0.5, 0.6) is 5.75 Å². The van der Waals surface area contributed by atoms with Gasteiger partial charge in [-0.15, -0.1) is 0 Å². The standard InChI is InChI=1S/C13H15N3O2/c1-9-8-10(17)2-3-11(9)13(18)16-5-4-12-14-6-7-15-12/h2-3,6-8,17H,4-5H2,1H3,(H,14,15)(H,16,18). The maximum atomic E-state index is 11.9. The first-order valence-electron chi connectivity index (χ1n) is 5.73. The van der Waals surface area contributed by atoms with E-state index in [9.17, 15) is 9.90 Å². The van der Waals surface area contributed by atoms with E-state index in [2.05, 4.69) is 15.3 Å². The van der Waals surface area contributed by atoms with E-state index in [0.717, 1.165) is 11.4 Å². The first kappa shape index (κ1) is 12.2. The predicted molar refractivity (Wildman–Crippen MR) is 67.5 cm³/mol. The van der Waals surface area contributed by atoms with Gasteiger partial charge in [0.1, 0.15) is 11.6 Å². The number of benzene rings is 1. The molecule has 0 spiro atoms. The van der Waals surface area contributed by atoms with Crippen molar-refractivity contribution in [1.29, 1.82) is 0 Å². The topological polar surface area (TPSA) is 78.0 Å². The fourth-order valence-electron chi connectivity index (χ4n) is 1.73. The zero-order chi connectivity index (χ0) is 13.0. The van der Waals surface area contributed by atoms with Crippen molar-refractivity contribution in [2.45, 2.75) is 13.3 Å². The average molecular weight is 245 g/mol. The molecule has 1 heterocycles. The number of amides is 1. The minimum Gasteiger partial charge on any atom is -0.508 e. The van der Waals surface area contributed by atoms with Crippen LogP contribution in [0.2, 0.25) is 0 Å². The van der Waals surface area contributed by atoms with Gasteiger partial charge in [-0.1, -0.05) is 0 Å². The Morgan fingerprint density at radius 1 is 1.50 bits per heavy atom. The maximum absolute atomic E-state index is 11.9. The zero-order valence-corrected chi connectivity index (χ0v) is 10.1. The fraction of sp³-hybridized carbons (Fsp3) is 0.231. The molecule has 94 valence electrons. The molecule has 0 saturated heterocycles. The smallest absolute Gasteiger partial charge is 0.251 e. The molecule has 0 saturated carbocycles. The van der Waals surface area contributed by atoms with E-state index in [1.165, 1.54) is 6.07 Å². The summed E-state index contributed by atoms with van der Waals surface area (Å²) in [5.74, 6) is 0.872. The summed E-state index contributed by atoms with van der Waals surface area (Å²) in [5, 5.41) is 12.1. The highest BCUT2D eigenvalue weighted by Gasteiger charge is 2.08. The highest BCUT2D eigenvalue weighted by atomic mass is 16.3. The molecule has 0 aliphatic carbocycles. The minimum atomic E-state index is -0.140. The monoisotopic (exact) mass is 245 g/mol. The molecule has 1 aromatic carbocycles. The molecule has 0 aliphatic heterocycles. The van der Waals surface area contributed by atoms with Crippen molar-refractivity contribution in [3.63, 3.8) is 0 Å². The molecule has 5 nitrogen and oxygen atoms in total. The third-order valence-electron chi connectivity index (χ3n) is 2.66. The summed E-state index contributed by atoms with van der Waals surface area (Å²) < 4.78 is 0. The molecule has 0 aliphatic rings. The first-order valence-corrected chi connectivity index (χ1v) is 5.73. The Labute approximate surface area is 105 Å². The second kappa shape index (κ2) is 5.35. The number of hydrogen-bond acceptors (Lipinski definition) is 3. The van der Waals surface area contributed by atoms with Crippen LogP contribution in [0.4, 0.5) is 0 Å². The van der Waals surface area contributed by atoms with Crippen molar-refractivity contribution < 1.29 is 9.90 Å². The molecule has 5 heteroatoms. The third kappa shape index (κ3) is 2.88. The lowest BCUT2D eigenvalue weighted by Gasteiger charge is -2.07. The van der Waals surface area contributed by atoms with Crippen LogP contribution in [-0.2, 0) is 6.42 Å². The first-order chi connectivity index (χ1) is 8.66. The predicted octanol–water partition coefficient (Wildman–Crippen LogP) is 1.40. The molecule has 0 unspecified atom stereocenters. The maximum Gasteiger partial charge on any atom is 0.251 e. The lowest BCUT2D eigenvalue weighted by atomic mass is 10.1. The lowest BCUT2D eigenvalue weighted by molar-refractivity contribution is 0.0953. The second-order valence-electron chi connectivity index (χ2n) is 4.04. The van der Waals surface area contributed by atoms with E-state index in [4.69, 9.17) is 0 Å². The normalized spacial score (nSPS) is 10.3. The summed E-state index contributed by atoms with van der Waals surface area (Å²) in [5.41, 5.74) is 1.33. The molecule has 0 radical (unpaired) electrons. The van der Waals surface area contributed by atoms with Crippen LogP contribution >= 0.6 is 0 Å². The van der Waals surface area contributed by atoms with Crippen molar-refractivity contribution >= 4 is 5.91 Å². The summed E-state index contributed by atoms with van der Waals surface area (Å²) in [7, 11) is 0. The number of H-pyrrole nitrogens is 1. The number of aryl methyl sites for hydroxylation is 1. The fourth-order valence-corrected chi connectivity index (χ4v) is 1.73. The summed E-state index contributed by atoms with van der Waals surface area (Å²) >= 11 is 0. The van der Waals surface area contributed by atoms with Crippen molar-refractivity contribution in [3.8, 4) is 5.75 Å². The number of carbonyl (C=O) groups is 1. The molecular formula is C13H15N3O2. The Kier molecular flexibility index (Phi) is 3.62. The Balaban J connectivity index is 1.91. The van der Waals surface area contributed by atoms with E-state index in [-0.39, 0.29) is 11.7 Å². The van der Waals surface area contributed by atoms with E-state index >= 15 is 0 Å². The van der Waals surface area contributed by atoms with Gasteiger partial charge < -0.3 is 15.4 Å². The third-order valence-corrected chi connectivity index (χ3v) is 2.66. The van der Waals surface area contributed by atoms with E-state index in [1.54, 1.807) is 31.5 Å². The van der Waals surface area contributed by atoms with Crippen molar-refractivity contribution in [2.24, 2.45) is 0 Å². The van der Waals surface area contributed by atoms with Gasteiger partial charge in [-0.3, -0.25) is 4.79 Å². The molecule has 0 fully saturated rings. The number of aromatic hydroxyl groups is 1. The molecule has 2 aromatic rings. The molecule has 2 rings (SSSR count). The van der Waals surface area contributed by atoms with Gasteiger partial charge in [0.15, 0.2) is 0 Å². The number of phenolic OH excluding ortho intramolecular Hbond substituents is 1. The minimum absolute atomic E-state index is 0.140. The molecule has 1 amide bonds. The van der Waals surface area contributed by atoms with Crippen molar-refractivity contribution in [2.75, 3.05) is 6.54 Å². The summed E-state index contributed by atoms with van der Waals surface area (Å²) in [6, 6.07) is 4.70. The number of hydrogen-bond donors (Lipinski definition) is 3. The van der Waals surface area contributed by atoms with Gasteiger partial charge in [0.05, 0.1) is 0 Å². The van der Waals surface area contributed by atoms with Gasteiger partial charge >= 0.3 is 0 Å². The molecule has 0 atom stereocenters. The molecule has 1 aromatic heterocycles. The number of aromatic amines is 1. The van der Waals surface area contributed by atoms with Crippen molar-refractivity contribution in [1.82, 2.24) is 15.3 Å². The van der Waals surface area contributed by atoms with E-state index in [1.807, 2.05) is 0 Å². The highest BCUT2D eigenvalue weighted by Crippen LogP contribution is 2.15. The molecular weight excluding hydrogens is 230 g/mol. The second-order valence-corrected chi connectivity index (χ2v) is 4.04. The number of aromatic nitrogens is 2. The number of nitrogens with one attached hydrogen (secondary N) is 2. The van der Waals surface area contributed by atoms with Crippen LogP contribution < -0.4 is 5.32 Å². The quantitative estimate of drug-likeness (QED) is 0.761. The van der Waals surface area contributed by atoms with Gasteiger partial charge in [0.2, 0.25) is 0 Å². The number of imidazole rings is 1. The summed E-state index contributed by atoms with van der Waals surface area (Å²) in [4.78, 5) is 18.9. The largest absolute Gasteiger partial charge is 0.508 e. The Bertz CT molecular complexity index is 535. The Morgan fingerprint density at radius 2 is 2.33 bits per heavy atom. The van der Waals surface area contributed by atoms with E-state index in [0.29, 0.717) is 18.5 Å². The highest BCUT2D eigenvalue weighted by molar-refractivity contribution is 5.95. The lowest BCUT2D eigenvalue weighted by Crippen LogP contribution is -2.26. The average Bonchev–Trinajstić information content (AvgIpc) is 2.81. The number of rotatable bonds is 4. The van der Waals surface area contributed by atoms with E-state index < -0.39 is 0 Å². The number of carbonyl (C=O) groups excluding carboxylic acids is 1. The van der Waals surface area contributed by atoms with Crippen LogP contribution in [-0.4, -0.2) is 27.5 Å². The molecule has 3 N–H and O–H groups in total. The van der Waals surface area contributed by atoms with Gasteiger partial charge in [-0.2, -0.15) is 0 Å². The molecule has 18 heavy (non-hydrogen) atoms. The molecule has 0 bridgehead atoms. The summed E-state index contributed by atoms with van der Waals surface area (Å²) in [6.07, 6.45) is 4.10.